The highest BCUT2D eigenvalue weighted by atomic mass is 79.9. The van der Waals surface area contributed by atoms with E-state index in [1.165, 1.54) is 0 Å². The average molecular weight is 403 g/mol. The fourth-order valence-electron chi connectivity index (χ4n) is 1.65. The minimum absolute atomic E-state index is 0.344. The fourth-order valence-corrected chi connectivity index (χ4v) is 3.60. The largest absolute Gasteiger partial charge is 0.259 e. The first kappa shape index (κ1) is 14.8. The molecule has 0 saturated carbocycles. The van der Waals surface area contributed by atoms with Crippen molar-refractivity contribution in [2.24, 2.45) is 5.14 Å². The van der Waals surface area contributed by atoms with E-state index in [4.69, 9.17) is 5.14 Å². The van der Waals surface area contributed by atoms with E-state index in [0.29, 0.717) is 5.75 Å². The molecule has 100 valence electrons. The first-order valence-electron chi connectivity index (χ1n) is 5.59. The van der Waals surface area contributed by atoms with Gasteiger partial charge in [0.25, 0.3) is 0 Å². The summed E-state index contributed by atoms with van der Waals surface area (Å²) < 4.78 is 14.4. The van der Waals surface area contributed by atoms with Gasteiger partial charge in [-0.05, 0) is 35.4 Å². The lowest BCUT2D eigenvalue weighted by Gasteiger charge is -2.06. The van der Waals surface area contributed by atoms with Crippen molar-refractivity contribution in [2.75, 3.05) is 0 Å². The van der Waals surface area contributed by atoms with Crippen LogP contribution in [0.15, 0.2) is 57.5 Å². The van der Waals surface area contributed by atoms with Gasteiger partial charge in [0, 0.05) is 24.0 Å². The fraction of sp³-hybridized carbons (Fsp3) is 0.0714. The molecular formula is C14H13Br2NOS. The van der Waals surface area contributed by atoms with Gasteiger partial charge in [-0.2, -0.15) is 0 Å². The summed E-state index contributed by atoms with van der Waals surface area (Å²) in [5.41, 5.74) is 1.83. The smallest absolute Gasteiger partial charge is 0.0543 e. The van der Waals surface area contributed by atoms with Crippen LogP contribution in [0.4, 0.5) is 0 Å². The maximum atomic E-state index is 12.4. The minimum Gasteiger partial charge on any atom is -0.259 e. The lowest BCUT2D eigenvalue weighted by molar-refractivity contribution is 0.681. The second-order valence-electron chi connectivity index (χ2n) is 4.22. The molecule has 0 bridgehead atoms. The molecule has 1 atom stereocenters. The van der Waals surface area contributed by atoms with Crippen molar-refractivity contribution in [2.45, 2.75) is 5.75 Å². The summed E-state index contributed by atoms with van der Waals surface area (Å²) in [5, 5.41) is 7.55. The van der Waals surface area contributed by atoms with E-state index < -0.39 is 9.71 Å². The van der Waals surface area contributed by atoms with Crippen molar-refractivity contribution in [3.8, 4) is 0 Å². The van der Waals surface area contributed by atoms with Crippen molar-refractivity contribution in [1.82, 2.24) is 0 Å². The quantitative estimate of drug-likeness (QED) is 0.781. The molecule has 5 heteroatoms. The third kappa shape index (κ3) is 4.76. The van der Waals surface area contributed by atoms with Crippen LogP contribution in [-0.4, -0.2) is 9.58 Å². The second kappa shape index (κ2) is 6.22. The lowest BCUT2D eigenvalue weighted by atomic mass is 10.2. The molecule has 0 fully saturated rings. The van der Waals surface area contributed by atoms with E-state index >= 15 is 0 Å². The Labute approximate surface area is 130 Å². The van der Waals surface area contributed by atoms with Crippen LogP contribution in [0.25, 0.3) is 0 Å². The van der Waals surface area contributed by atoms with Crippen molar-refractivity contribution in [3.05, 3.63) is 68.6 Å². The summed E-state index contributed by atoms with van der Waals surface area (Å²) in [6.45, 7) is 0. The van der Waals surface area contributed by atoms with Crippen molar-refractivity contribution in [3.63, 3.8) is 0 Å². The third-order valence-electron chi connectivity index (χ3n) is 2.51. The van der Waals surface area contributed by atoms with Crippen LogP contribution in [0.2, 0.25) is 0 Å². The molecule has 0 aliphatic carbocycles. The lowest BCUT2D eigenvalue weighted by Crippen LogP contribution is -2.18. The standard InChI is InChI=1S/C14H13Br2NOS/c15-13-5-1-11(2-6-13)9-19(17,18)10-12-3-7-14(16)8-4-12/h1-9H,10H2,(H2,17,18). The van der Waals surface area contributed by atoms with Crippen LogP contribution in [0.3, 0.4) is 0 Å². The molecule has 2 nitrogen and oxygen atoms in total. The van der Waals surface area contributed by atoms with E-state index in [9.17, 15) is 4.21 Å². The molecule has 0 heterocycles. The predicted molar refractivity (Wildman–Crippen MR) is 89.5 cm³/mol. The van der Waals surface area contributed by atoms with Gasteiger partial charge in [0.15, 0.2) is 0 Å². The third-order valence-corrected chi connectivity index (χ3v) is 5.02. The van der Waals surface area contributed by atoms with Gasteiger partial charge >= 0.3 is 0 Å². The number of hydrogen-bond donors (Lipinski definition) is 1. The molecule has 0 amide bonds. The maximum Gasteiger partial charge on any atom is 0.0543 e. The molecule has 0 aliphatic rings. The van der Waals surface area contributed by atoms with Crippen LogP contribution in [0.5, 0.6) is 0 Å². The Kier molecular flexibility index (Phi) is 4.84. The van der Waals surface area contributed by atoms with E-state index in [1.807, 2.05) is 48.5 Å². The molecule has 0 aromatic heterocycles. The molecule has 0 radical (unpaired) electrons. The Balaban J connectivity index is 2.24. The van der Waals surface area contributed by atoms with Gasteiger partial charge in [-0.3, -0.25) is 9.35 Å². The summed E-state index contributed by atoms with van der Waals surface area (Å²) >= 11 is 6.74. The van der Waals surface area contributed by atoms with E-state index in [0.717, 1.165) is 20.1 Å². The normalized spacial score (nSPS) is 13.8. The number of halogens is 2. The van der Waals surface area contributed by atoms with Gasteiger partial charge < -0.3 is 0 Å². The molecule has 1 unspecified atom stereocenters. The number of nitrogens with two attached hydrogens (primary N) is 1. The van der Waals surface area contributed by atoms with Gasteiger partial charge in [-0.15, -0.1) is 0 Å². The highest BCUT2D eigenvalue weighted by Crippen LogP contribution is 2.13. The van der Waals surface area contributed by atoms with Crippen LogP contribution in [0, 0.1) is 0 Å². The van der Waals surface area contributed by atoms with Crippen LogP contribution >= 0.6 is 31.9 Å². The Morgan fingerprint density at radius 3 is 1.95 bits per heavy atom. The van der Waals surface area contributed by atoms with Gasteiger partial charge in [0.2, 0.25) is 0 Å². The van der Waals surface area contributed by atoms with Gasteiger partial charge in [-0.25, -0.2) is 0 Å². The van der Waals surface area contributed by atoms with E-state index in [2.05, 4.69) is 31.9 Å². The molecule has 0 saturated heterocycles. The van der Waals surface area contributed by atoms with Crippen molar-refractivity contribution < 1.29 is 4.21 Å². The van der Waals surface area contributed by atoms with Crippen LogP contribution in [0.1, 0.15) is 11.1 Å². The average Bonchev–Trinajstić information content (AvgIpc) is 2.34. The molecule has 0 aliphatic heterocycles. The highest BCUT2D eigenvalue weighted by Gasteiger charge is 2.03. The number of rotatable bonds is 3. The van der Waals surface area contributed by atoms with Crippen molar-refractivity contribution in [1.29, 1.82) is 0 Å². The van der Waals surface area contributed by atoms with Gasteiger partial charge in [0.05, 0.1) is 5.75 Å². The summed E-state index contributed by atoms with van der Waals surface area (Å²) in [5.74, 6) is 0.344. The summed E-state index contributed by atoms with van der Waals surface area (Å²) in [4.78, 5) is 0. The molecule has 0 spiro atoms. The van der Waals surface area contributed by atoms with Crippen LogP contribution in [-0.2, 0) is 15.5 Å². The van der Waals surface area contributed by atoms with Gasteiger partial charge in [-0.1, -0.05) is 56.1 Å². The first-order valence-corrected chi connectivity index (χ1v) is 9.03. The van der Waals surface area contributed by atoms with Crippen LogP contribution < -0.4 is 5.14 Å². The zero-order valence-corrected chi connectivity index (χ0v) is 14.0. The molecular weight excluding hydrogens is 390 g/mol. The second-order valence-corrected chi connectivity index (χ2v) is 8.14. The zero-order valence-electron chi connectivity index (χ0n) is 10.1. The monoisotopic (exact) mass is 401 g/mol. The van der Waals surface area contributed by atoms with Gasteiger partial charge in [0.1, 0.15) is 0 Å². The predicted octanol–water partition coefficient (Wildman–Crippen LogP) is 3.72. The van der Waals surface area contributed by atoms with E-state index in [1.54, 1.807) is 5.37 Å². The molecule has 19 heavy (non-hydrogen) atoms. The SMILES string of the molecule is NS(=O)(=Cc1ccc(Br)cc1)Cc1ccc(Br)cc1. The number of benzene rings is 2. The maximum absolute atomic E-state index is 12.4. The Morgan fingerprint density at radius 1 is 0.947 bits per heavy atom. The zero-order chi connectivity index (χ0) is 13.9. The number of hydrogen-bond acceptors (Lipinski definition) is 1. The van der Waals surface area contributed by atoms with Crippen molar-refractivity contribution >= 4 is 46.9 Å². The molecule has 2 aromatic rings. The minimum atomic E-state index is -2.52. The van der Waals surface area contributed by atoms with E-state index in [-0.39, 0.29) is 0 Å². The molecule has 2 rings (SSSR count). The Bertz CT molecular complexity index is 672. The molecule has 2 aromatic carbocycles. The Morgan fingerprint density at radius 2 is 1.42 bits per heavy atom. The summed E-state index contributed by atoms with van der Waals surface area (Å²) in [7, 11) is -2.52. The molecule has 2 N–H and O–H groups in total. The first-order chi connectivity index (χ1) is 8.94. The summed E-state index contributed by atoms with van der Waals surface area (Å²) in [6, 6.07) is 15.3. The summed E-state index contributed by atoms with van der Waals surface area (Å²) in [6.07, 6.45) is 0. The topological polar surface area (TPSA) is 43.1 Å². The highest BCUT2D eigenvalue weighted by molar-refractivity contribution is 9.10. The Hall–Kier alpha value is -0.620.